The highest BCUT2D eigenvalue weighted by Gasteiger charge is 2.23. The van der Waals surface area contributed by atoms with Crippen molar-refractivity contribution in [2.75, 3.05) is 11.1 Å². The molecular weight excluding hydrogens is 497 g/mol. The van der Waals surface area contributed by atoms with Crippen molar-refractivity contribution in [3.63, 3.8) is 0 Å². The summed E-state index contributed by atoms with van der Waals surface area (Å²) in [4.78, 5) is 33.2. The van der Waals surface area contributed by atoms with Crippen molar-refractivity contribution in [1.82, 2.24) is 9.55 Å². The number of aryl methyl sites for hydroxylation is 2. The van der Waals surface area contributed by atoms with Crippen molar-refractivity contribution in [3.05, 3.63) is 79.4 Å². The van der Waals surface area contributed by atoms with Crippen molar-refractivity contribution in [3.8, 4) is 5.69 Å². The Morgan fingerprint density at radius 1 is 1.06 bits per heavy atom. The molecule has 9 heteroatoms. The number of carbonyl (C=O) groups is 1. The summed E-state index contributed by atoms with van der Waals surface area (Å²) in [6.07, 6.45) is 4.13. The smallest absolute Gasteiger partial charge is 0.267 e. The topological polar surface area (TPSA) is 64.0 Å². The summed E-state index contributed by atoms with van der Waals surface area (Å²) >= 11 is 15.2. The second-order valence-corrected chi connectivity index (χ2v) is 10.5. The minimum absolute atomic E-state index is 0.0530. The van der Waals surface area contributed by atoms with Gasteiger partial charge in [-0.25, -0.2) is 4.98 Å². The summed E-state index contributed by atoms with van der Waals surface area (Å²) in [5.41, 5.74) is 2.17. The molecule has 2 aromatic heterocycles. The zero-order valence-electron chi connectivity index (χ0n) is 17.4. The van der Waals surface area contributed by atoms with Gasteiger partial charge in [-0.3, -0.25) is 14.2 Å². The normalized spacial score (nSPS) is 13.2. The van der Waals surface area contributed by atoms with Crippen LogP contribution in [0.2, 0.25) is 10.0 Å². The summed E-state index contributed by atoms with van der Waals surface area (Å²) in [7, 11) is 0. The maximum Gasteiger partial charge on any atom is 0.267 e. The van der Waals surface area contributed by atoms with Crippen molar-refractivity contribution in [2.45, 2.75) is 30.8 Å². The first-order chi connectivity index (χ1) is 16.0. The molecule has 1 aliphatic carbocycles. The van der Waals surface area contributed by atoms with Crippen LogP contribution in [0, 0.1) is 0 Å². The molecule has 4 aromatic rings. The summed E-state index contributed by atoms with van der Waals surface area (Å²) < 4.78 is 1.62. The Bertz CT molecular complexity index is 1400. The first kappa shape index (κ1) is 22.5. The SMILES string of the molecule is O=C(CSc1nc2sc3c(c2c(=O)n1-c1ccccc1)CCCC3)Nc1c(Cl)cccc1Cl. The molecule has 1 amide bonds. The van der Waals surface area contributed by atoms with E-state index in [9.17, 15) is 9.59 Å². The number of nitrogens with one attached hydrogen (secondary N) is 1. The highest BCUT2D eigenvalue weighted by atomic mass is 35.5. The van der Waals surface area contributed by atoms with E-state index in [1.807, 2.05) is 30.3 Å². The first-order valence-corrected chi connectivity index (χ1v) is 13.1. The van der Waals surface area contributed by atoms with E-state index in [4.69, 9.17) is 28.2 Å². The second kappa shape index (κ2) is 9.50. The third kappa shape index (κ3) is 4.43. The number of carbonyl (C=O) groups excluding carboxylic acids is 1. The Kier molecular flexibility index (Phi) is 6.47. The van der Waals surface area contributed by atoms with E-state index < -0.39 is 0 Å². The number of aromatic nitrogens is 2. The number of anilines is 1. The molecule has 5 nitrogen and oxygen atoms in total. The van der Waals surface area contributed by atoms with Crippen LogP contribution in [0.15, 0.2) is 58.5 Å². The van der Waals surface area contributed by atoms with Gasteiger partial charge in [0.15, 0.2) is 5.16 Å². The Hall–Kier alpha value is -2.32. The quantitative estimate of drug-likeness (QED) is 0.248. The first-order valence-electron chi connectivity index (χ1n) is 10.5. The van der Waals surface area contributed by atoms with Gasteiger partial charge < -0.3 is 5.32 Å². The third-order valence-electron chi connectivity index (χ3n) is 5.53. The monoisotopic (exact) mass is 515 g/mol. The standard InChI is InChI=1S/C24H19Cl2N3O2S2/c25-16-10-6-11-17(26)21(16)27-19(30)13-32-24-28-22-20(15-9-4-5-12-18(15)33-22)23(31)29(24)14-7-2-1-3-8-14/h1-3,6-8,10-11H,4-5,9,12-13H2,(H,27,30). The van der Waals surface area contributed by atoms with E-state index in [1.165, 1.54) is 16.6 Å². The molecule has 0 aliphatic heterocycles. The lowest BCUT2D eigenvalue weighted by molar-refractivity contribution is -0.113. The number of para-hydroxylation sites is 2. The number of fused-ring (bicyclic) bond motifs is 3. The van der Waals surface area contributed by atoms with Gasteiger partial charge in [-0.2, -0.15) is 0 Å². The summed E-state index contributed by atoms with van der Waals surface area (Å²) in [5.74, 6) is -0.230. The molecule has 2 aromatic carbocycles. The zero-order valence-corrected chi connectivity index (χ0v) is 20.6. The van der Waals surface area contributed by atoms with Crippen LogP contribution in [-0.2, 0) is 17.6 Å². The number of hydrogen-bond acceptors (Lipinski definition) is 5. The molecule has 0 fully saturated rings. The van der Waals surface area contributed by atoms with E-state index in [0.717, 1.165) is 47.2 Å². The molecule has 1 aliphatic rings. The Morgan fingerprint density at radius 2 is 1.79 bits per heavy atom. The molecule has 5 rings (SSSR count). The van der Waals surface area contributed by atoms with Crippen molar-refractivity contribution in [1.29, 1.82) is 0 Å². The van der Waals surface area contributed by atoms with Gasteiger partial charge >= 0.3 is 0 Å². The van der Waals surface area contributed by atoms with Crippen molar-refractivity contribution < 1.29 is 4.79 Å². The zero-order chi connectivity index (χ0) is 22.9. The van der Waals surface area contributed by atoms with E-state index in [-0.39, 0.29) is 17.2 Å². The van der Waals surface area contributed by atoms with Gasteiger partial charge in [0, 0.05) is 4.88 Å². The molecule has 0 radical (unpaired) electrons. The Morgan fingerprint density at radius 3 is 2.55 bits per heavy atom. The highest BCUT2D eigenvalue weighted by Crippen LogP contribution is 2.35. The summed E-state index contributed by atoms with van der Waals surface area (Å²) in [6, 6.07) is 14.5. The second-order valence-electron chi connectivity index (χ2n) is 7.70. The van der Waals surface area contributed by atoms with E-state index in [2.05, 4.69) is 5.32 Å². The lowest BCUT2D eigenvalue weighted by Gasteiger charge is -2.14. The van der Waals surface area contributed by atoms with Crippen LogP contribution in [0.1, 0.15) is 23.3 Å². The lowest BCUT2D eigenvalue weighted by atomic mass is 9.97. The number of amides is 1. The number of benzene rings is 2. The van der Waals surface area contributed by atoms with E-state index >= 15 is 0 Å². The number of hydrogen-bond donors (Lipinski definition) is 1. The average molecular weight is 516 g/mol. The largest absolute Gasteiger partial charge is 0.323 e. The molecule has 0 bridgehead atoms. The molecule has 0 spiro atoms. The predicted molar refractivity (Wildman–Crippen MR) is 138 cm³/mol. The highest BCUT2D eigenvalue weighted by molar-refractivity contribution is 7.99. The maximum absolute atomic E-state index is 13.7. The number of thioether (sulfide) groups is 1. The number of thiophene rings is 1. The fourth-order valence-corrected chi connectivity index (χ4v) is 6.62. The molecule has 0 atom stereocenters. The van der Waals surface area contributed by atoms with Gasteiger partial charge in [0.2, 0.25) is 5.91 Å². The maximum atomic E-state index is 13.7. The summed E-state index contributed by atoms with van der Waals surface area (Å²) in [5, 5.41) is 4.70. The van der Waals surface area contributed by atoms with Gasteiger partial charge in [0.05, 0.1) is 32.6 Å². The van der Waals surface area contributed by atoms with E-state index in [1.54, 1.807) is 34.1 Å². The summed E-state index contributed by atoms with van der Waals surface area (Å²) in [6.45, 7) is 0. The van der Waals surface area contributed by atoms with Gasteiger partial charge in [-0.05, 0) is 55.5 Å². The van der Waals surface area contributed by atoms with Crippen LogP contribution in [0.4, 0.5) is 5.69 Å². The number of halogens is 2. The predicted octanol–water partition coefficient (Wildman–Crippen LogP) is 6.36. The molecule has 0 unspecified atom stereocenters. The minimum atomic E-state index is -0.283. The molecule has 0 saturated heterocycles. The van der Waals surface area contributed by atoms with Crippen molar-refractivity contribution in [2.24, 2.45) is 0 Å². The third-order valence-corrected chi connectivity index (χ3v) is 8.29. The van der Waals surface area contributed by atoms with Crippen LogP contribution < -0.4 is 10.9 Å². The van der Waals surface area contributed by atoms with Gasteiger partial charge in [0.25, 0.3) is 5.56 Å². The molecule has 33 heavy (non-hydrogen) atoms. The van der Waals surface area contributed by atoms with Crippen molar-refractivity contribution >= 4 is 68.1 Å². The molecule has 168 valence electrons. The number of rotatable bonds is 5. The van der Waals surface area contributed by atoms with Crippen LogP contribution in [0.25, 0.3) is 15.9 Å². The van der Waals surface area contributed by atoms with Gasteiger partial charge in [0.1, 0.15) is 4.83 Å². The molecule has 1 N–H and O–H groups in total. The lowest BCUT2D eigenvalue weighted by Crippen LogP contribution is -2.23. The fourth-order valence-electron chi connectivity index (χ4n) is 4.01. The van der Waals surface area contributed by atoms with Crippen LogP contribution in [0.3, 0.4) is 0 Å². The van der Waals surface area contributed by atoms with Gasteiger partial charge in [-0.15, -0.1) is 11.3 Å². The molecule has 2 heterocycles. The van der Waals surface area contributed by atoms with E-state index in [0.29, 0.717) is 20.9 Å². The van der Waals surface area contributed by atoms with Crippen LogP contribution in [0.5, 0.6) is 0 Å². The number of nitrogens with zero attached hydrogens (tertiary/aromatic N) is 2. The minimum Gasteiger partial charge on any atom is -0.323 e. The Balaban J connectivity index is 1.52. The fraction of sp³-hybridized carbons (Fsp3) is 0.208. The molecule has 0 saturated carbocycles. The van der Waals surface area contributed by atoms with Crippen LogP contribution >= 0.6 is 46.3 Å². The Labute approximate surface area is 208 Å². The van der Waals surface area contributed by atoms with Gasteiger partial charge in [-0.1, -0.05) is 59.2 Å². The molecular formula is C24H19Cl2N3O2S2. The average Bonchev–Trinajstić information content (AvgIpc) is 3.19. The van der Waals surface area contributed by atoms with Crippen LogP contribution in [-0.4, -0.2) is 21.2 Å².